The van der Waals surface area contributed by atoms with E-state index in [-0.39, 0.29) is 12.0 Å². The summed E-state index contributed by atoms with van der Waals surface area (Å²) >= 11 is 5.79. The highest BCUT2D eigenvalue weighted by Gasteiger charge is 2.25. The molecule has 0 saturated carbocycles. The highest BCUT2D eigenvalue weighted by atomic mass is 35.5. The predicted octanol–water partition coefficient (Wildman–Crippen LogP) is 1.54. The van der Waals surface area contributed by atoms with Crippen molar-refractivity contribution in [1.29, 1.82) is 0 Å². The smallest absolute Gasteiger partial charge is 0.234 e. The van der Waals surface area contributed by atoms with Crippen LogP contribution in [0.3, 0.4) is 0 Å². The van der Waals surface area contributed by atoms with Crippen molar-refractivity contribution in [2.24, 2.45) is 5.92 Å². The fourth-order valence-electron chi connectivity index (χ4n) is 2.41. The van der Waals surface area contributed by atoms with Crippen molar-refractivity contribution in [1.82, 2.24) is 10.2 Å². The Bertz CT molecular complexity index is 481. The van der Waals surface area contributed by atoms with E-state index < -0.39 is 0 Å². The Morgan fingerprint density at radius 1 is 1.45 bits per heavy atom. The van der Waals surface area contributed by atoms with Gasteiger partial charge in [0.05, 0.1) is 19.2 Å². The second-order valence-electron chi connectivity index (χ2n) is 5.72. The Kier molecular flexibility index (Phi) is 6.49. The number of benzene rings is 1. The van der Waals surface area contributed by atoms with Gasteiger partial charge in [-0.05, 0) is 43.1 Å². The van der Waals surface area contributed by atoms with Gasteiger partial charge in [-0.2, -0.15) is 0 Å². The highest BCUT2D eigenvalue weighted by molar-refractivity contribution is 6.30. The topological polar surface area (TPSA) is 61.8 Å². The van der Waals surface area contributed by atoms with Crippen LogP contribution in [0.2, 0.25) is 5.02 Å². The summed E-state index contributed by atoms with van der Waals surface area (Å²) < 4.78 is 5.51. The zero-order chi connectivity index (χ0) is 15.9. The quantitative estimate of drug-likeness (QED) is 0.778. The van der Waals surface area contributed by atoms with Gasteiger partial charge in [-0.15, -0.1) is 0 Å². The first-order valence-electron chi connectivity index (χ1n) is 7.60. The second-order valence-corrected chi connectivity index (χ2v) is 6.16. The van der Waals surface area contributed by atoms with E-state index in [2.05, 4.69) is 5.32 Å². The third-order valence-electron chi connectivity index (χ3n) is 3.88. The molecule has 0 spiro atoms. The minimum Gasteiger partial charge on any atom is -0.492 e. The number of β-amino-alcohol motifs (C(OH)–C–C–N with tert-alkyl or cyclic N) is 1. The minimum absolute atomic E-state index is 0.0403. The summed E-state index contributed by atoms with van der Waals surface area (Å²) in [5.41, 5.74) is 0. The summed E-state index contributed by atoms with van der Waals surface area (Å²) in [6.07, 6.45) is 0.587. The number of piperidine rings is 1. The van der Waals surface area contributed by atoms with Crippen LogP contribution in [0.4, 0.5) is 0 Å². The first-order chi connectivity index (χ1) is 10.5. The largest absolute Gasteiger partial charge is 0.492 e. The molecule has 1 amide bonds. The molecule has 0 aromatic heterocycles. The van der Waals surface area contributed by atoms with Gasteiger partial charge in [0.2, 0.25) is 5.91 Å². The van der Waals surface area contributed by atoms with Crippen molar-refractivity contribution in [3.63, 3.8) is 0 Å². The monoisotopic (exact) mass is 326 g/mol. The molecular weight excluding hydrogens is 304 g/mol. The molecule has 0 aliphatic carbocycles. The van der Waals surface area contributed by atoms with Crippen LogP contribution in [-0.4, -0.2) is 54.8 Å². The molecule has 2 N–H and O–H groups in total. The Labute approximate surface area is 136 Å². The lowest BCUT2D eigenvalue weighted by molar-refractivity contribution is -0.123. The average molecular weight is 327 g/mol. The molecule has 2 rings (SSSR count). The van der Waals surface area contributed by atoms with Crippen LogP contribution in [0.5, 0.6) is 5.75 Å². The number of likely N-dealkylation sites (tertiary alicyclic amines) is 1. The van der Waals surface area contributed by atoms with E-state index in [1.54, 1.807) is 24.3 Å². The van der Waals surface area contributed by atoms with Gasteiger partial charge >= 0.3 is 0 Å². The third kappa shape index (κ3) is 5.48. The first kappa shape index (κ1) is 17.1. The van der Waals surface area contributed by atoms with E-state index in [0.29, 0.717) is 37.2 Å². The number of aliphatic hydroxyl groups excluding tert-OH is 1. The van der Waals surface area contributed by atoms with Gasteiger partial charge in [0.1, 0.15) is 12.4 Å². The predicted molar refractivity (Wildman–Crippen MR) is 86.2 cm³/mol. The zero-order valence-corrected chi connectivity index (χ0v) is 13.6. The maximum absolute atomic E-state index is 11.8. The van der Waals surface area contributed by atoms with E-state index in [1.165, 1.54) is 0 Å². The van der Waals surface area contributed by atoms with Gasteiger partial charge < -0.3 is 15.2 Å². The number of amides is 1. The highest BCUT2D eigenvalue weighted by Crippen LogP contribution is 2.16. The molecule has 2 unspecified atom stereocenters. The van der Waals surface area contributed by atoms with Crippen LogP contribution in [0.1, 0.15) is 13.3 Å². The van der Waals surface area contributed by atoms with E-state index >= 15 is 0 Å². The Morgan fingerprint density at radius 2 is 2.18 bits per heavy atom. The molecule has 0 bridgehead atoms. The first-order valence-corrected chi connectivity index (χ1v) is 7.98. The molecule has 1 fully saturated rings. The molecule has 1 aliphatic rings. The molecular formula is C16H23ClN2O3. The van der Waals surface area contributed by atoms with Crippen LogP contribution >= 0.6 is 11.6 Å². The van der Waals surface area contributed by atoms with Crippen molar-refractivity contribution in [3.8, 4) is 5.75 Å². The summed E-state index contributed by atoms with van der Waals surface area (Å²) in [7, 11) is 0. The normalized spacial score (nSPS) is 22.3. The van der Waals surface area contributed by atoms with Gasteiger partial charge in [0.15, 0.2) is 0 Å². The van der Waals surface area contributed by atoms with Gasteiger partial charge in [-0.3, -0.25) is 9.69 Å². The fraction of sp³-hybridized carbons (Fsp3) is 0.562. The molecule has 122 valence electrons. The number of aliphatic hydroxyl groups is 1. The van der Waals surface area contributed by atoms with Crippen LogP contribution in [-0.2, 0) is 4.79 Å². The number of hydrogen-bond donors (Lipinski definition) is 2. The van der Waals surface area contributed by atoms with Crippen molar-refractivity contribution in [2.75, 3.05) is 32.8 Å². The number of hydrogen-bond acceptors (Lipinski definition) is 4. The van der Waals surface area contributed by atoms with Gasteiger partial charge in [0, 0.05) is 11.6 Å². The molecule has 1 aromatic rings. The number of carbonyl (C=O) groups is 1. The van der Waals surface area contributed by atoms with E-state index in [1.807, 2.05) is 11.8 Å². The van der Waals surface area contributed by atoms with Crippen LogP contribution in [0.15, 0.2) is 24.3 Å². The number of nitrogens with zero attached hydrogens (tertiary/aromatic N) is 1. The van der Waals surface area contributed by atoms with Crippen molar-refractivity contribution >= 4 is 17.5 Å². The SMILES string of the molecule is CC1CCN(CC(=O)NCCOc2ccc(Cl)cc2)CC1O. The Hall–Kier alpha value is -1.30. The summed E-state index contributed by atoms with van der Waals surface area (Å²) in [5.74, 6) is 1.00. The Balaban J connectivity index is 1.60. The fourth-order valence-corrected chi connectivity index (χ4v) is 2.53. The number of carbonyl (C=O) groups excluding carboxylic acids is 1. The summed E-state index contributed by atoms with van der Waals surface area (Å²) in [4.78, 5) is 13.8. The molecule has 22 heavy (non-hydrogen) atoms. The van der Waals surface area contributed by atoms with Crippen molar-refractivity contribution in [2.45, 2.75) is 19.4 Å². The number of rotatable bonds is 6. The minimum atomic E-state index is -0.338. The molecule has 6 heteroatoms. The molecule has 0 radical (unpaired) electrons. The van der Waals surface area contributed by atoms with Crippen molar-refractivity contribution in [3.05, 3.63) is 29.3 Å². The van der Waals surface area contributed by atoms with E-state index in [4.69, 9.17) is 16.3 Å². The Morgan fingerprint density at radius 3 is 2.86 bits per heavy atom. The zero-order valence-electron chi connectivity index (χ0n) is 12.8. The number of nitrogens with one attached hydrogen (secondary N) is 1. The molecule has 1 aromatic carbocycles. The van der Waals surface area contributed by atoms with Gasteiger partial charge in [-0.1, -0.05) is 18.5 Å². The second kappa shape index (κ2) is 8.36. The van der Waals surface area contributed by atoms with E-state index in [9.17, 15) is 9.90 Å². The lowest BCUT2D eigenvalue weighted by Gasteiger charge is -2.33. The maximum atomic E-state index is 11.8. The summed E-state index contributed by atoms with van der Waals surface area (Å²) in [6.45, 7) is 4.64. The van der Waals surface area contributed by atoms with Crippen LogP contribution < -0.4 is 10.1 Å². The molecule has 1 saturated heterocycles. The molecule has 1 heterocycles. The third-order valence-corrected chi connectivity index (χ3v) is 4.13. The number of halogens is 1. The van der Waals surface area contributed by atoms with Gasteiger partial charge in [0.25, 0.3) is 0 Å². The summed E-state index contributed by atoms with van der Waals surface area (Å²) in [6, 6.07) is 7.11. The average Bonchev–Trinajstić information content (AvgIpc) is 2.49. The molecule has 1 aliphatic heterocycles. The standard InChI is InChI=1S/C16H23ClN2O3/c1-12-6-8-19(10-15(12)20)11-16(21)18-7-9-22-14-4-2-13(17)3-5-14/h2-5,12,15,20H,6-11H2,1H3,(H,18,21). The lowest BCUT2D eigenvalue weighted by Crippen LogP contribution is -2.47. The number of ether oxygens (including phenoxy) is 1. The van der Waals surface area contributed by atoms with Crippen LogP contribution in [0, 0.1) is 5.92 Å². The van der Waals surface area contributed by atoms with Crippen LogP contribution in [0.25, 0.3) is 0 Å². The van der Waals surface area contributed by atoms with E-state index in [0.717, 1.165) is 18.7 Å². The molecule has 5 nitrogen and oxygen atoms in total. The van der Waals surface area contributed by atoms with Gasteiger partial charge in [-0.25, -0.2) is 0 Å². The summed E-state index contributed by atoms with van der Waals surface area (Å²) in [5, 5.41) is 13.3. The lowest BCUT2D eigenvalue weighted by atomic mass is 9.96. The molecule has 2 atom stereocenters. The maximum Gasteiger partial charge on any atom is 0.234 e. The van der Waals surface area contributed by atoms with Crippen molar-refractivity contribution < 1.29 is 14.6 Å².